The van der Waals surface area contributed by atoms with E-state index in [1.165, 1.54) is 36.8 Å². The standard InChI is InChI=1S/C21H16F3N3O3/c22-21(23,24)30-16-3-1-2-13(9-16)14-4-5-19-15(8-14)10-17(29-19)11-27-20(28)18-12-25-6-7-26-18/h1-9,12,17H,10-11H2,(H,27,28)/t17-/m1/s1. The van der Waals surface area contributed by atoms with E-state index in [9.17, 15) is 18.0 Å². The third kappa shape index (κ3) is 4.68. The molecule has 0 spiro atoms. The molecule has 4 rings (SSSR count). The molecule has 0 unspecified atom stereocenters. The van der Waals surface area contributed by atoms with Crippen LogP contribution < -0.4 is 14.8 Å². The Morgan fingerprint density at radius 1 is 1.17 bits per heavy atom. The topological polar surface area (TPSA) is 73.3 Å². The summed E-state index contributed by atoms with van der Waals surface area (Å²) in [6.45, 7) is 0.286. The lowest BCUT2D eigenvalue weighted by atomic mass is 10.0. The van der Waals surface area contributed by atoms with E-state index in [-0.39, 0.29) is 30.0 Å². The number of rotatable bonds is 5. The molecule has 2 heterocycles. The van der Waals surface area contributed by atoms with Crippen molar-refractivity contribution in [1.82, 2.24) is 15.3 Å². The van der Waals surface area contributed by atoms with Crippen LogP contribution in [0.15, 0.2) is 61.1 Å². The van der Waals surface area contributed by atoms with E-state index < -0.39 is 6.36 Å². The van der Waals surface area contributed by atoms with Gasteiger partial charge < -0.3 is 14.8 Å². The van der Waals surface area contributed by atoms with Crippen LogP contribution in [0.1, 0.15) is 16.1 Å². The van der Waals surface area contributed by atoms with Gasteiger partial charge in [-0.3, -0.25) is 9.78 Å². The van der Waals surface area contributed by atoms with Crippen LogP contribution in [0.4, 0.5) is 13.2 Å². The summed E-state index contributed by atoms with van der Waals surface area (Å²) in [6.07, 6.45) is -0.141. The van der Waals surface area contributed by atoms with E-state index in [0.29, 0.717) is 17.7 Å². The van der Waals surface area contributed by atoms with Crippen LogP contribution in [-0.2, 0) is 6.42 Å². The number of nitrogens with zero attached hydrogens (tertiary/aromatic N) is 2. The van der Waals surface area contributed by atoms with Gasteiger partial charge in [0.25, 0.3) is 5.91 Å². The summed E-state index contributed by atoms with van der Waals surface area (Å²) in [5.41, 5.74) is 2.47. The van der Waals surface area contributed by atoms with Crippen LogP contribution in [0.5, 0.6) is 11.5 Å². The number of nitrogens with one attached hydrogen (secondary N) is 1. The Kier molecular flexibility index (Phi) is 5.26. The highest BCUT2D eigenvalue weighted by atomic mass is 19.4. The van der Waals surface area contributed by atoms with Crippen molar-refractivity contribution in [3.63, 3.8) is 0 Å². The van der Waals surface area contributed by atoms with Gasteiger partial charge in [0, 0.05) is 18.8 Å². The maximum atomic E-state index is 12.5. The van der Waals surface area contributed by atoms with Gasteiger partial charge in [0.05, 0.1) is 12.7 Å². The molecule has 1 aromatic heterocycles. The first kappa shape index (κ1) is 19.7. The molecule has 2 aromatic carbocycles. The zero-order valence-electron chi connectivity index (χ0n) is 15.5. The number of hydrogen-bond donors (Lipinski definition) is 1. The number of alkyl halides is 3. The van der Waals surface area contributed by atoms with Gasteiger partial charge in [0.1, 0.15) is 23.3 Å². The molecule has 0 radical (unpaired) electrons. The zero-order chi connectivity index (χ0) is 21.1. The van der Waals surface area contributed by atoms with E-state index in [0.717, 1.165) is 11.1 Å². The summed E-state index contributed by atoms with van der Waals surface area (Å²) in [5, 5.41) is 2.76. The Morgan fingerprint density at radius 2 is 2.00 bits per heavy atom. The lowest BCUT2D eigenvalue weighted by Gasteiger charge is -2.11. The molecule has 3 aromatic rings. The molecule has 1 amide bonds. The maximum absolute atomic E-state index is 12.5. The number of amides is 1. The summed E-state index contributed by atoms with van der Waals surface area (Å²) in [4.78, 5) is 19.9. The third-order valence-electron chi connectivity index (χ3n) is 4.49. The minimum atomic E-state index is -4.74. The number of aromatic nitrogens is 2. The van der Waals surface area contributed by atoms with Crippen molar-refractivity contribution >= 4 is 5.91 Å². The summed E-state index contributed by atoms with van der Waals surface area (Å²) >= 11 is 0. The second-order valence-corrected chi connectivity index (χ2v) is 6.64. The first-order valence-electron chi connectivity index (χ1n) is 9.07. The van der Waals surface area contributed by atoms with Gasteiger partial charge in [-0.25, -0.2) is 4.98 Å². The van der Waals surface area contributed by atoms with Gasteiger partial charge in [0.2, 0.25) is 0 Å². The van der Waals surface area contributed by atoms with Crippen molar-refractivity contribution < 1.29 is 27.4 Å². The summed E-state index contributed by atoms with van der Waals surface area (Å²) in [6, 6.07) is 11.2. The molecule has 1 atom stereocenters. The fourth-order valence-corrected chi connectivity index (χ4v) is 3.20. The smallest absolute Gasteiger partial charge is 0.488 e. The van der Waals surface area contributed by atoms with Crippen LogP contribution in [0, 0.1) is 0 Å². The number of carbonyl (C=O) groups is 1. The number of halogens is 3. The molecular weight excluding hydrogens is 399 g/mol. The minimum Gasteiger partial charge on any atom is -0.488 e. The lowest BCUT2D eigenvalue weighted by Crippen LogP contribution is -2.34. The molecule has 1 aliphatic heterocycles. The van der Waals surface area contributed by atoms with Crippen molar-refractivity contribution in [1.29, 1.82) is 0 Å². The van der Waals surface area contributed by atoms with Crippen molar-refractivity contribution in [3.8, 4) is 22.6 Å². The highest BCUT2D eigenvalue weighted by molar-refractivity contribution is 5.91. The van der Waals surface area contributed by atoms with E-state index in [4.69, 9.17) is 4.74 Å². The SMILES string of the molecule is O=C(NC[C@H]1Cc2cc(-c3cccc(OC(F)(F)F)c3)ccc2O1)c1cnccn1. The Bertz CT molecular complexity index is 1060. The van der Waals surface area contributed by atoms with E-state index in [1.54, 1.807) is 18.2 Å². The highest BCUT2D eigenvalue weighted by Crippen LogP contribution is 2.34. The first-order valence-corrected chi connectivity index (χ1v) is 9.07. The fraction of sp³-hybridized carbons (Fsp3) is 0.190. The second kappa shape index (κ2) is 8.02. The molecule has 6 nitrogen and oxygen atoms in total. The molecule has 0 fully saturated rings. The molecule has 9 heteroatoms. The van der Waals surface area contributed by atoms with Crippen LogP contribution in [0.2, 0.25) is 0 Å². The number of hydrogen-bond acceptors (Lipinski definition) is 5. The fourth-order valence-electron chi connectivity index (χ4n) is 3.20. The minimum absolute atomic E-state index is 0.219. The molecule has 0 saturated heterocycles. The Morgan fingerprint density at radius 3 is 2.77 bits per heavy atom. The van der Waals surface area contributed by atoms with Crippen molar-refractivity contribution in [3.05, 3.63) is 72.3 Å². The molecule has 1 aliphatic rings. The zero-order valence-corrected chi connectivity index (χ0v) is 15.5. The van der Waals surface area contributed by atoms with Crippen LogP contribution >= 0.6 is 0 Å². The lowest BCUT2D eigenvalue weighted by molar-refractivity contribution is -0.274. The first-order chi connectivity index (χ1) is 14.4. The molecule has 0 bridgehead atoms. The number of carbonyl (C=O) groups excluding carboxylic acids is 1. The number of ether oxygens (including phenoxy) is 2. The van der Waals surface area contributed by atoms with Gasteiger partial charge in [-0.05, 0) is 41.0 Å². The van der Waals surface area contributed by atoms with Crippen LogP contribution in [-0.4, -0.2) is 34.9 Å². The molecule has 1 N–H and O–H groups in total. The summed E-state index contributed by atoms with van der Waals surface area (Å²) < 4.78 is 47.2. The average molecular weight is 415 g/mol. The van der Waals surface area contributed by atoms with Gasteiger partial charge in [0.15, 0.2) is 0 Å². The van der Waals surface area contributed by atoms with Crippen molar-refractivity contribution in [2.45, 2.75) is 18.9 Å². The predicted molar refractivity (Wildman–Crippen MR) is 101 cm³/mol. The molecule has 30 heavy (non-hydrogen) atoms. The third-order valence-corrected chi connectivity index (χ3v) is 4.49. The van der Waals surface area contributed by atoms with Crippen molar-refractivity contribution in [2.75, 3.05) is 6.54 Å². The second-order valence-electron chi connectivity index (χ2n) is 6.64. The largest absolute Gasteiger partial charge is 0.573 e. The van der Waals surface area contributed by atoms with Crippen LogP contribution in [0.25, 0.3) is 11.1 Å². The van der Waals surface area contributed by atoms with Gasteiger partial charge >= 0.3 is 6.36 Å². The summed E-state index contributed by atoms with van der Waals surface area (Å²) in [5.74, 6) is 0.0615. The quantitative estimate of drug-likeness (QED) is 0.687. The molecule has 0 aliphatic carbocycles. The van der Waals surface area contributed by atoms with Crippen LogP contribution in [0.3, 0.4) is 0 Å². The van der Waals surface area contributed by atoms with Crippen molar-refractivity contribution in [2.24, 2.45) is 0 Å². The Hall–Kier alpha value is -3.62. The van der Waals surface area contributed by atoms with Gasteiger partial charge in [-0.1, -0.05) is 18.2 Å². The maximum Gasteiger partial charge on any atom is 0.573 e. The normalized spacial score (nSPS) is 15.2. The predicted octanol–water partition coefficient (Wildman–Crippen LogP) is 3.78. The number of fused-ring (bicyclic) bond motifs is 1. The molecular formula is C21H16F3N3O3. The van der Waals surface area contributed by atoms with Gasteiger partial charge in [-0.15, -0.1) is 13.2 Å². The Labute approximate surface area is 169 Å². The number of benzene rings is 2. The average Bonchev–Trinajstić information content (AvgIpc) is 3.14. The monoisotopic (exact) mass is 415 g/mol. The molecule has 154 valence electrons. The van der Waals surface area contributed by atoms with E-state index in [1.807, 2.05) is 6.07 Å². The van der Waals surface area contributed by atoms with E-state index in [2.05, 4.69) is 20.0 Å². The van der Waals surface area contributed by atoms with E-state index >= 15 is 0 Å². The summed E-state index contributed by atoms with van der Waals surface area (Å²) in [7, 11) is 0. The highest BCUT2D eigenvalue weighted by Gasteiger charge is 2.31. The molecule has 0 saturated carbocycles. The van der Waals surface area contributed by atoms with Gasteiger partial charge in [-0.2, -0.15) is 0 Å². The Balaban J connectivity index is 1.42.